The zero-order valence-electron chi connectivity index (χ0n) is 9.64. The van der Waals surface area contributed by atoms with Gasteiger partial charge in [-0.2, -0.15) is 0 Å². The standard InChI is InChI=1S/C13H13N5/c14-17-10-3-1-8-5-9-2-4-11(18-15)7-13(9)16-12(8)6-10/h1-7,17-18H,14-15H2. The van der Waals surface area contributed by atoms with Crippen LogP contribution in [0.3, 0.4) is 0 Å². The minimum absolute atomic E-state index is 0.836. The third-order valence-corrected chi connectivity index (χ3v) is 2.95. The number of nitrogens with two attached hydrogens (primary N) is 2. The summed E-state index contributed by atoms with van der Waals surface area (Å²) in [6, 6.07) is 13.8. The van der Waals surface area contributed by atoms with E-state index in [1.54, 1.807) is 0 Å². The highest BCUT2D eigenvalue weighted by molar-refractivity contribution is 5.95. The molecule has 1 heterocycles. The van der Waals surface area contributed by atoms with E-state index >= 15 is 0 Å². The summed E-state index contributed by atoms with van der Waals surface area (Å²) in [5.74, 6) is 10.8. The van der Waals surface area contributed by atoms with Gasteiger partial charge in [-0.3, -0.25) is 11.7 Å². The summed E-state index contributed by atoms with van der Waals surface area (Å²) in [7, 11) is 0. The number of pyridine rings is 1. The van der Waals surface area contributed by atoms with Crippen molar-refractivity contribution >= 4 is 33.2 Å². The Kier molecular flexibility index (Phi) is 2.47. The largest absolute Gasteiger partial charge is 0.324 e. The Hall–Kier alpha value is -2.37. The fraction of sp³-hybridized carbons (Fsp3) is 0. The van der Waals surface area contributed by atoms with Crippen molar-refractivity contribution in [3.05, 3.63) is 42.5 Å². The topological polar surface area (TPSA) is 89.0 Å². The highest BCUT2D eigenvalue weighted by atomic mass is 15.2. The van der Waals surface area contributed by atoms with Gasteiger partial charge < -0.3 is 10.9 Å². The summed E-state index contributed by atoms with van der Waals surface area (Å²) < 4.78 is 0. The maximum absolute atomic E-state index is 5.39. The molecular formula is C13H13N5. The lowest BCUT2D eigenvalue weighted by molar-refractivity contribution is 1.35. The number of benzene rings is 2. The minimum Gasteiger partial charge on any atom is -0.324 e. The van der Waals surface area contributed by atoms with E-state index in [0.717, 1.165) is 33.2 Å². The third kappa shape index (κ3) is 1.71. The zero-order chi connectivity index (χ0) is 12.5. The normalized spacial score (nSPS) is 10.8. The molecule has 90 valence electrons. The summed E-state index contributed by atoms with van der Waals surface area (Å²) in [5.41, 5.74) is 8.70. The molecule has 0 unspecified atom stereocenters. The van der Waals surface area contributed by atoms with Gasteiger partial charge in [-0.15, -0.1) is 0 Å². The third-order valence-electron chi connectivity index (χ3n) is 2.95. The fourth-order valence-corrected chi connectivity index (χ4v) is 2.00. The number of fused-ring (bicyclic) bond motifs is 2. The van der Waals surface area contributed by atoms with Crippen LogP contribution in [0.25, 0.3) is 21.8 Å². The van der Waals surface area contributed by atoms with Crippen LogP contribution in [0.1, 0.15) is 0 Å². The average Bonchev–Trinajstić information content (AvgIpc) is 2.43. The van der Waals surface area contributed by atoms with E-state index < -0.39 is 0 Å². The van der Waals surface area contributed by atoms with Gasteiger partial charge in [-0.25, -0.2) is 4.98 Å². The number of rotatable bonds is 2. The van der Waals surface area contributed by atoms with Crippen molar-refractivity contribution in [3.8, 4) is 0 Å². The van der Waals surface area contributed by atoms with Crippen molar-refractivity contribution in [1.82, 2.24) is 4.98 Å². The SMILES string of the molecule is NNc1ccc2cc3ccc(NN)cc3nc2c1. The van der Waals surface area contributed by atoms with Crippen molar-refractivity contribution in [2.45, 2.75) is 0 Å². The Bertz CT molecular complexity index is 664. The summed E-state index contributed by atoms with van der Waals surface area (Å²) >= 11 is 0. The van der Waals surface area contributed by atoms with Gasteiger partial charge in [0.05, 0.1) is 22.4 Å². The van der Waals surface area contributed by atoms with Crippen molar-refractivity contribution in [3.63, 3.8) is 0 Å². The van der Waals surface area contributed by atoms with Gasteiger partial charge >= 0.3 is 0 Å². The maximum Gasteiger partial charge on any atom is 0.0730 e. The molecule has 18 heavy (non-hydrogen) atoms. The van der Waals surface area contributed by atoms with Gasteiger partial charge in [0.25, 0.3) is 0 Å². The van der Waals surface area contributed by atoms with Gasteiger partial charge in [0.15, 0.2) is 0 Å². The Balaban J connectivity index is 2.29. The van der Waals surface area contributed by atoms with Gasteiger partial charge in [-0.05, 0) is 30.3 Å². The molecule has 0 saturated carbocycles. The predicted molar refractivity (Wildman–Crippen MR) is 74.9 cm³/mol. The molecule has 6 N–H and O–H groups in total. The maximum atomic E-state index is 5.39. The number of hydrogen-bond acceptors (Lipinski definition) is 5. The molecule has 0 aliphatic rings. The molecule has 3 rings (SSSR count). The Morgan fingerprint density at radius 3 is 1.67 bits per heavy atom. The first-order valence-electron chi connectivity index (χ1n) is 5.58. The van der Waals surface area contributed by atoms with Gasteiger partial charge in [0, 0.05) is 10.8 Å². The van der Waals surface area contributed by atoms with E-state index in [4.69, 9.17) is 11.7 Å². The number of aromatic nitrogens is 1. The smallest absolute Gasteiger partial charge is 0.0730 e. The quantitative estimate of drug-likeness (QED) is 0.312. The van der Waals surface area contributed by atoms with Crippen molar-refractivity contribution in [1.29, 1.82) is 0 Å². The van der Waals surface area contributed by atoms with Gasteiger partial charge in [0.2, 0.25) is 0 Å². The zero-order valence-corrected chi connectivity index (χ0v) is 9.64. The molecule has 1 aromatic heterocycles. The van der Waals surface area contributed by atoms with Crippen LogP contribution in [-0.2, 0) is 0 Å². The number of hydrazine groups is 2. The van der Waals surface area contributed by atoms with Crippen LogP contribution in [-0.4, -0.2) is 4.98 Å². The molecule has 0 saturated heterocycles. The second kappa shape index (κ2) is 4.14. The Labute approximate surface area is 104 Å². The van der Waals surface area contributed by atoms with E-state index in [-0.39, 0.29) is 0 Å². The summed E-state index contributed by atoms with van der Waals surface area (Å²) in [6.45, 7) is 0. The first kappa shape index (κ1) is 10.8. The molecule has 0 radical (unpaired) electrons. The van der Waals surface area contributed by atoms with Gasteiger partial charge in [-0.1, -0.05) is 12.1 Å². The summed E-state index contributed by atoms with van der Waals surface area (Å²) in [6.07, 6.45) is 0. The summed E-state index contributed by atoms with van der Waals surface area (Å²) in [4.78, 5) is 4.60. The molecule has 0 fully saturated rings. The highest BCUT2D eigenvalue weighted by Gasteiger charge is 2.02. The highest BCUT2D eigenvalue weighted by Crippen LogP contribution is 2.24. The molecular weight excluding hydrogens is 226 g/mol. The number of anilines is 2. The number of nitrogens with one attached hydrogen (secondary N) is 2. The molecule has 0 amide bonds. The first-order valence-corrected chi connectivity index (χ1v) is 5.58. The lowest BCUT2D eigenvalue weighted by atomic mass is 10.1. The molecule has 5 nitrogen and oxygen atoms in total. The summed E-state index contributed by atoms with van der Waals surface area (Å²) in [5, 5.41) is 2.16. The number of nitrogen functional groups attached to an aromatic ring is 2. The first-order chi connectivity index (χ1) is 8.80. The van der Waals surface area contributed by atoms with Crippen molar-refractivity contribution < 1.29 is 0 Å². The Morgan fingerprint density at radius 1 is 0.722 bits per heavy atom. The Morgan fingerprint density at radius 2 is 1.22 bits per heavy atom. The van der Waals surface area contributed by atoms with Crippen molar-refractivity contribution in [2.75, 3.05) is 10.9 Å². The van der Waals surface area contributed by atoms with Crippen LogP contribution < -0.4 is 22.5 Å². The molecule has 3 aromatic rings. The predicted octanol–water partition coefficient (Wildman–Crippen LogP) is 1.96. The molecule has 0 aliphatic carbocycles. The molecule has 5 heteroatoms. The molecule has 0 atom stereocenters. The van der Waals surface area contributed by atoms with E-state index in [1.165, 1.54) is 0 Å². The van der Waals surface area contributed by atoms with Crippen LogP contribution in [0.4, 0.5) is 11.4 Å². The molecule has 0 spiro atoms. The van der Waals surface area contributed by atoms with Gasteiger partial charge in [0.1, 0.15) is 0 Å². The van der Waals surface area contributed by atoms with Crippen LogP contribution >= 0.6 is 0 Å². The number of nitrogens with zero attached hydrogens (tertiary/aromatic N) is 1. The molecule has 0 bridgehead atoms. The lowest BCUT2D eigenvalue weighted by Gasteiger charge is -2.06. The van der Waals surface area contributed by atoms with Crippen LogP contribution in [0.5, 0.6) is 0 Å². The fourth-order valence-electron chi connectivity index (χ4n) is 2.00. The van der Waals surface area contributed by atoms with Crippen LogP contribution in [0.15, 0.2) is 42.5 Å². The minimum atomic E-state index is 0.836. The molecule has 2 aromatic carbocycles. The second-order valence-electron chi connectivity index (χ2n) is 4.09. The van der Waals surface area contributed by atoms with E-state index in [2.05, 4.69) is 21.9 Å². The van der Waals surface area contributed by atoms with E-state index in [9.17, 15) is 0 Å². The van der Waals surface area contributed by atoms with E-state index in [0.29, 0.717) is 0 Å². The van der Waals surface area contributed by atoms with Crippen molar-refractivity contribution in [2.24, 2.45) is 11.7 Å². The number of hydrogen-bond donors (Lipinski definition) is 4. The average molecular weight is 239 g/mol. The lowest BCUT2D eigenvalue weighted by Crippen LogP contribution is -2.06. The molecule has 0 aliphatic heterocycles. The second-order valence-corrected chi connectivity index (χ2v) is 4.09. The van der Waals surface area contributed by atoms with Crippen LogP contribution in [0, 0.1) is 0 Å². The van der Waals surface area contributed by atoms with Crippen LogP contribution in [0.2, 0.25) is 0 Å². The monoisotopic (exact) mass is 239 g/mol. The van der Waals surface area contributed by atoms with E-state index in [1.807, 2.05) is 36.4 Å².